The zero-order chi connectivity index (χ0) is 19.1. The van der Waals surface area contributed by atoms with Gasteiger partial charge in [0.05, 0.1) is 7.11 Å². The van der Waals surface area contributed by atoms with E-state index in [-0.39, 0.29) is 81.8 Å². The van der Waals surface area contributed by atoms with E-state index < -0.39 is 5.41 Å². The number of hydrogen-bond acceptors (Lipinski definition) is 4. The van der Waals surface area contributed by atoms with Crippen molar-refractivity contribution in [3.05, 3.63) is 60.8 Å². The molecule has 0 radical (unpaired) electrons. The molecule has 0 heterocycles. The second-order valence-corrected chi connectivity index (χ2v) is 6.47. The van der Waals surface area contributed by atoms with Gasteiger partial charge in [0.2, 0.25) is 11.6 Å². The summed E-state index contributed by atoms with van der Waals surface area (Å²) >= 11 is 0. The first kappa shape index (κ1) is 30.1. The summed E-state index contributed by atoms with van der Waals surface area (Å²) in [5.41, 5.74) is 7.21. The van der Waals surface area contributed by atoms with Crippen LogP contribution in [0.3, 0.4) is 0 Å². The average molecular weight is 386 g/mol. The van der Waals surface area contributed by atoms with Crippen LogP contribution >= 0.6 is 0 Å². The first-order valence-corrected chi connectivity index (χ1v) is 7.81. The van der Waals surface area contributed by atoms with Crippen LogP contribution < -0.4 is 57.1 Å². The van der Waals surface area contributed by atoms with Crippen molar-refractivity contribution in [2.45, 2.75) is 48.0 Å². The summed E-state index contributed by atoms with van der Waals surface area (Å²) in [7, 11) is 1.35. The van der Waals surface area contributed by atoms with Crippen LogP contribution in [0.2, 0.25) is 0 Å². The van der Waals surface area contributed by atoms with Crippen LogP contribution in [0.5, 0.6) is 0 Å². The standard InChI is InChI=1S/C15H20NO3.C5H9.CH3.K/c1-6-7-8-15(3,4)10-9(2)12(17)11(16)14(19-5)13(10)18;1-4-5(2)3;;/h7H,8,16H2,1-5H3;4H,1H2,2-3H3;1H3;/q3*-1;+1. The van der Waals surface area contributed by atoms with Crippen LogP contribution in [0.15, 0.2) is 40.3 Å². The number of carbonyl (C=O) groups is 2. The molecule has 1 aliphatic carbocycles. The molecule has 0 atom stereocenters. The Morgan fingerprint density at radius 1 is 1.27 bits per heavy atom. The quantitative estimate of drug-likeness (QED) is 0.450. The predicted molar refractivity (Wildman–Crippen MR) is 104 cm³/mol. The van der Waals surface area contributed by atoms with Crippen LogP contribution in [0.25, 0.3) is 0 Å². The summed E-state index contributed by atoms with van der Waals surface area (Å²) in [4.78, 5) is 24.5. The van der Waals surface area contributed by atoms with Gasteiger partial charge in [0.25, 0.3) is 0 Å². The number of hydrogen-bond donors (Lipinski definition) is 1. The Morgan fingerprint density at radius 2 is 1.73 bits per heavy atom. The maximum atomic E-state index is 12.4. The zero-order valence-electron chi connectivity index (χ0n) is 17.9. The van der Waals surface area contributed by atoms with Gasteiger partial charge in [0.15, 0.2) is 5.76 Å². The number of rotatable bonds is 4. The van der Waals surface area contributed by atoms with Crippen molar-refractivity contribution in [3.63, 3.8) is 0 Å². The van der Waals surface area contributed by atoms with Crippen molar-refractivity contribution >= 4 is 11.6 Å². The van der Waals surface area contributed by atoms with Gasteiger partial charge >= 0.3 is 51.4 Å². The summed E-state index contributed by atoms with van der Waals surface area (Å²) in [6.45, 7) is 14.8. The number of ether oxygens (including phenoxy) is 1. The van der Waals surface area contributed by atoms with Crippen molar-refractivity contribution in [2.24, 2.45) is 11.1 Å². The molecule has 0 aliphatic heterocycles. The van der Waals surface area contributed by atoms with E-state index in [0.717, 1.165) is 0 Å². The zero-order valence-corrected chi connectivity index (χ0v) is 21.0. The Bertz CT molecular complexity index is 619. The fourth-order valence-corrected chi connectivity index (χ4v) is 2.30. The Balaban J connectivity index is -0.000000668. The molecular weight excluding hydrogens is 353 g/mol. The van der Waals surface area contributed by atoms with E-state index in [2.05, 4.69) is 13.0 Å². The van der Waals surface area contributed by atoms with Gasteiger partial charge in [0, 0.05) is 11.1 Å². The van der Waals surface area contributed by atoms with Gasteiger partial charge in [-0.05, 0) is 12.3 Å². The molecule has 0 aromatic heterocycles. The number of ketones is 2. The molecule has 0 unspecified atom stereocenters. The molecule has 0 saturated heterocycles. The monoisotopic (exact) mass is 385 g/mol. The van der Waals surface area contributed by atoms with E-state index in [1.165, 1.54) is 12.7 Å². The largest absolute Gasteiger partial charge is 1.00 e. The van der Waals surface area contributed by atoms with Crippen LogP contribution in [-0.2, 0) is 14.3 Å². The second kappa shape index (κ2) is 13.6. The van der Waals surface area contributed by atoms with Crippen molar-refractivity contribution in [2.75, 3.05) is 7.11 Å². The summed E-state index contributed by atoms with van der Waals surface area (Å²) in [5, 5.41) is 0. The Hall–Kier alpha value is -0.594. The number of allylic oxidation sites excluding steroid dienone is 6. The van der Waals surface area contributed by atoms with Gasteiger partial charge < -0.3 is 24.0 Å². The smallest absolute Gasteiger partial charge is 0.504 e. The first-order valence-electron chi connectivity index (χ1n) is 7.81. The minimum atomic E-state index is -0.468. The van der Waals surface area contributed by atoms with Crippen LogP contribution in [-0.4, -0.2) is 18.7 Å². The first-order chi connectivity index (χ1) is 11.0. The Kier molecular flexibility index (Phi) is 15.7. The van der Waals surface area contributed by atoms with Crippen LogP contribution in [0.1, 0.15) is 48.0 Å². The normalized spacial score (nSPS) is 14.3. The Morgan fingerprint density at radius 3 is 2.08 bits per heavy atom. The van der Waals surface area contributed by atoms with E-state index >= 15 is 0 Å². The van der Waals surface area contributed by atoms with E-state index in [9.17, 15) is 9.59 Å². The number of carbonyl (C=O) groups excluding carboxylic acids is 2. The molecule has 0 fully saturated rings. The molecule has 0 spiro atoms. The molecule has 0 aromatic carbocycles. The van der Waals surface area contributed by atoms with E-state index in [4.69, 9.17) is 10.5 Å². The van der Waals surface area contributed by atoms with Crippen molar-refractivity contribution in [1.82, 2.24) is 0 Å². The molecule has 26 heavy (non-hydrogen) atoms. The third kappa shape index (κ3) is 7.97. The maximum absolute atomic E-state index is 12.4. The molecule has 1 rings (SSSR count). The van der Waals surface area contributed by atoms with E-state index in [1.54, 1.807) is 13.8 Å². The maximum Gasteiger partial charge on any atom is 1.00 e. The van der Waals surface area contributed by atoms with Gasteiger partial charge in [-0.1, -0.05) is 20.3 Å². The third-order valence-electron chi connectivity index (χ3n) is 3.74. The topological polar surface area (TPSA) is 69.4 Å². The summed E-state index contributed by atoms with van der Waals surface area (Å²) in [6, 6.07) is 0. The SMILES string of the molecule is C[C-]=CCC(C)(C)C1=C(C)C(=O)C(N)=C(OC)C1=O.[CH2-]C=C(C)C.[CH3-].[K+]. The molecule has 2 N–H and O–H groups in total. The van der Waals surface area contributed by atoms with E-state index in [1.807, 2.05) is 39.8 Å². The molecule has 4 nitrogen and oxygen atoms in total. The van der Waals surface area contributed by atoms with Gasteiger partial charge in [-0.2, -0.15) is 6.92 Å². The molecule has 1 aliphatic rings. The summed E-state index contributed by atoms with van der Waals surface area (Å²) in [5.74, 6) is -0.682. The van der Waals surface area contributed by atoms with Crippen molar-refractivity contribution in [3.8, 4) is 0 Å². The summed E-state index contributed by atoms with van der Waals surface area (Å²) in [6.07, 6.45) is 7.23. The second-order valence-electron chi connectivity index (χ2n) is 6.47. The van der Waals surface area contributed by atoms with Crippen molar-refractivity contribution < 1.29 is 65.7 Å². The number of Topliss-reactive ketones (excluding diaryl/α,β-unsaturated/α-hetero) is 2. The molecule has 0 saturated carbocycles. The van der Waals surface area contributed by atoms with Gasteiger partial charge in [-0.15, -0.1) is 13.8 Å². The predicted octanol–water partition coefficient (Wildman–Crippen LogP) is 1.31. The molecule has 0 aromatic rings. The molecule has 0 bridgehead atoms. The summed E-state index contributed by atoms with van der Waals surface area (Å²) < 4.78 is 4.99. The Labute approximate surface area is 202 Å². The van der Waals surface area contributed by atoms with Crippen LogP contribution in [0, 0.1) is 25.8 Å². The minimum Gasteiger partial charge on any atom is -0.504 e. The molecule has 0 amide bonds. The number of methoxy groups -OCH3 is 1. The fraction of sp³-hybridized carbons (Fsp3) is 0.429. The van der Waals surface area contributed by atoms with Gasteiger partial charge in [-0.25, -0.2) is 18.6 Å². The van der Waals surface area contributed by atoms with Crippen LogP contribution in [0.4, 0.5) is 0 Å². The van der Waals surface area contributed by atoms with E-state index in [0.29, 0.717) is 17.6 Å². The van der Waals surface area contributed by atoms with Gasteiger partial charge in [0.1, 0.15) is 5.70 Å². The average Bonchev–Trinajstić information content (AvgIpc) is 2.51. The fourth-order valence-electron chi connectivity index (χ4n) is 2.30. The third-order valence-corrected chi connectivity index (χ3v) is 3.74. The minimum absolute atomic E-state index is 0. The molecular formula is C21H32KNO3-2. The molecule has 5 heteroatoms. The number of nitrogens with two attached hydrogens (primary N) is 1. The molecule has 142 valence electrons. The van der Waals surface area contributed by atoms with Gasteiger partial charge in [-0.3, -0.25) is 15.7 Å². The van der Waals surface area contributed by atoms with Crippen molar-refractivity contribution in [1.29, 1.82) is 0 Å².